The van der Waals surface area contributed by atoms with Gasteiger partial charge in [-0.25, -0.2) is 0 Å². The van der Waals surface area contributed by atoms with Crippen LogP contribution in [-0.4, -0.2) is 43.7 Å². The number of fused-ring (bicyclic) bond motifs is 1. The summed E-state index contributed by atoms with van der Waals surface area (Å²) in [7, 11) is 1.88. The topological polar surface area (TPSA) is 64.8 Å². The van der Waals surface area contributed by atoms with Gasteiger partial charge >= 0.3 is 0 Å². The van der Waals surface area contributed by atoms with Crippen LogP contribution in [0.25, 0.3) is 0 Å². The van der Waals surface area contributed by atoms with E-state index in [1.807, 2.05) is 24.1 Å². The lowest BCUT2D eigenvalue weighted by Crippen LogP contribution is -2.35. The molecule has 25 heavy (non-hydrogen) atoms. The van der Waals surface area contributed by atoms with Gasteiger partial charge in [0, 0.05) is 25.6 Å². The monoisotopic (exact) mass is 368 g/mol. The number of carbonyl (C=O) groups is 1. The van der Waals surface area contributed by atoms with E-state index in [1.54, 1.807) is 0 Å². The van der Waals surface area contributed by atoms with E-state index in [2.05, 4.69) is 19.9 Å². The maximum atomic E-state index is 12.6. The molecule has 1 aromatic carbocycles. The van der Waals surface area contributed by atoms with Gasteiger partial charge in [0.15, 0.2) is 11.5 Å². The second-order valence-electron chi connectivity index (χ2n) is 7.31. The van der Waals surface area contributed by atoms with Crippen molar-refractivity contribution in [1.29, 1.82) is 0 Å². The number of benzene rings is 1. The molecule has 0 radical (unpaired) electrons. The third-order valence-electron chi connectivity index (χ3n) is 5.13. The molecule has 1 aliphatic heterocycles. The predicted molar refractivity (Wildman–Crippen MR) is 101 cm³/mol. The molecule has 1 aromatic rings. The second-order valence-corrected chi connectivity index (χ2v) is 7.31. The molecule has 1 amide bonds. The quantitative estimate of drug-likeness (QED) is 0.838. The van der Waals surface area contributed by atoms with E-state index < -0.39 is 0 Å². The lowest BCUT2D eigenvalue weighted by Gasteiger charge is -2.22. The van der Waals surface area contributed by atoms with E-state index in [0.717, 1.165) is 30.9 Å². The van der Waals surface area contributed by atoms with Gasteiger partial charge in [-0.2, -0.15) is 0 Å². The maximum Gasteiger partial charge on any atom is 0.226 e. The summed E-state index contributed by atoms with van der Waals surface area (Å²) >= 11 is 0. The molecule has 6 heteroatoms. The van der Waals surface area contributed by atoms with Crippen molar-refractivity contribution in [2.75, 3.05) is 26.8 Å². The molecule has 1 heterocycles. The second kappa shape index (κ2) is 8.28. The van der Waals surface area contributed by atoms with E-state index in [4.69, 9.17) is 15.2 Å². The van der Waals surface area contributed by atoms with E-state index >= 15 is 0 Å². The van der Waals surface area contributed by atoms with Gasteiger partial charge in [0.05, 0.1) is 0 Å². The molecule has 3 unspecified atom stereocenters. The van der Waals surface area contributed by atoms with Crippen molar-refractivity contribution in [2.45, 2.75) is 38.6 Å². The van der Waals surface area contributed by atoms with E-state index in [1.165, 1.54) is 5.56 Å². The molecule has 2 N–H and O–H groups in total. The highest BCUT2D eigenvalue weighted by Gasteiger charge is 2.45. The smallest absolute Gasteiger partial charge is 0.226 e. The van der Waals surface area contributed by atoms with E-state index in [9.17, 15) is 4.79 Å². The summed E-state index contributed by atoms with van der Waals surface area (Å²) in [5, 5.41) is 0. The summed E-state index contributed by atoms with van der Waals surface area (Å²) in [6, 6.07) is 6.18. The van der Waals surface area contributed by atoms with Crippen molar-refractivity contribution in [2.24, 2.45) is 17.6 Å². The number of hydrogen-bond donors (Lipinski definition) is 1. The summed E-state index contributed by atoms with van der Waals surface area (Å²) < 4.78 is 11.2. The van der Waals surface area contributed by atoms with Crippen molar-refractivity contribution in [3.8, 4) is 11.5 Å². The fourth-order valence-corrected chi connectivity index (χ4v) is 3.20. The van der Waals surface area contributed by atoms with Crippen LogP contribution in [0, 0.1) is 11.8 Å². The zero-order valence-electron chi connectivity index (χ0n) is 15.2. The van der Waals surface area contributed by atoms with Gasteiger partial charge in [-0.15, -0.1) is 12.4 Å². The molecular weight excluding hydrogens is 340 g/mol. The summed E-state index contributed by atoms with van der Waals surface area (Å²) in [6.45, 7) is 6.14. The number of nitrogens with two attached hydrogens (primary N) is 1. The Kier molecular flexibility index (Phi) is 6.58. The molecule has 140 valence electrons. The van der Waals surface area contributed by atoms with Crippen LogP contribution in [0.2, 0.25) is 0 Å². The normalized spacial score (nSPS) is 22.1. The minimum atomic E-state index is 0. The molecule has 0 spiro atoms. The molecule has 1 fully saturated rings. The first kappa shape index (κ1) is 19.9. The Hall–Kier alpha value is -1.46. The number of rotatable bonds is 6. The largest absolute Gasteiger partial charge is 0.486 e. The van der Waals surface area contributed by atoms with Crippen LogP contribution in [0.1, 0.15) is 38.2 Å². The van der Waals surface area contributed by atoms with Gasteiger partial charge in [0.2, 0.25) is 5.91 Å². The predicted octanol–water partition coefficient (Wildman–Crippen LogP) is 2.81. The number of amides is 1. The average Bonchev–Trinajstić information content (AvgIpc) is 3.38. The third-order valence-corrected chi connectivity index (χ3v) is 5.13. The van der Waals surface area contributed by atoms with Gasteiger partial charge in [0.25, 0.3) is 0 Å². The summed E-state index contributed by atoms with van der Waals surface area (Å²) in [5.74, 6) is 2.66. The first-order valence-electron chi connectivity index (χ1n) is 8.87. The minimum Gasteiger partial charge on any atom is -0.486 e. The minimum absolute atomic E-state index is 0. The van der Waals surface area contributed by atoms with Gasteiger partial charge < -0.3 is 20.1 Å². The van der Waals surface area contributed by atoms with Crippen molar-refractivity contribution < 1.29 is 14.3 Å². The van der Waals surface area contributed by atoms with Crippen molar-refractivity contribution >= 4 is 18.3 Å². The highest BCUT2D eigenvalue weighted by atomic mass is 35.5. The van der Waals surface area contributed by atoms with Crippen LogP contribution in [-0.2, 0) is 4.79 Å². The van der Waals surface area contributed by atoms with Crippen LogP contribution in [0.15, 0.2) is 18.2 Å². The Morgan fingerprint density at radius 2 is 1.96 bits per heavy atom. The fourth-order valence-electron chi connectivity index (χ4n) is 3.20. The Labute approximate surface area is 156 Å². The highest BCUT2D eigenvalue weighted by molar-refractivity contribution is 5.85. The van der Waals surface area contributed by atoms with Crippen LogP contribution in [0.5, 0.6) is 11.5 Å². The maximum absolute atomic E-state index is 12.6. The Balaban J connectivity index is 0.00000225. The van der Waals surface area contributed by atoms with Gasteiger partial charge in [-0.3, -0.25) is 4.79 Å². The molecule has 0 saturated heterocycles. The first-order chi connectivity index (χ1) is 11.5. The molecule has 0 bridgehead atoms. The van der Waals surface area contributed by atoms with E-state index in [0.29, 0.717) is 25.0 Å². The van der Waals surface area contributed by atoms with Crippen molar-refractivity contribution in [3.63, 3.8) is 0 Å². The van der Waals surface area contributed by atoms with Gasteiger partial charge in [-0.1, -0.05) is 19.9 Å². The first-order valence-corrected chi connectivity index (χ1v) is 8.87. The Bertz CT molecular complexity index is 608. The SMILES string of the molecule is CC(C)C(N)CCN(C)C(=O)C1CC1c1ccc2c(c1)OCCO2.Cl. The standard InChI is InChI=1S/C19H28N2O3.ClH/c1-12(2)16(20)6-7-21(3)19(22)15-11-14(15)13-4-5-17-18(10-13)24-9-8-23-17;/h4-5,10,12,14-16H,6-9,11,20H2,1-3H3;1H. The number of ether oxygens (including phenoxy) is 2. The molecular formula is C19H29ClN2O3. The summed E-state index contributed by atoms with van der Waals surface area (Å²) in [4.78, 5) is 14.4. The molecule has 3 rings (SSSR count). The molecule has 5 nitrogen and oxygen atoms in total. The zero-order chi connectivity index (χ0) is 17.3. The van der Waals surface area contributed by atoms with Gasteiger partial charge in [0.1, 0.15) is 13.2 Å². The van der Waals surface area contributed by atoms with E-state index in [-0.39, 0.29) is 30.3 Å². The number of halogens is 1. The third kappa shape index (κ3) is 4.59. The zero-order valence-corrected chi connectivity index (χ0v) is 16.1. The van der Waals surface area contributed by atoms with Crippen molar-refractivity contribution in [3.05, 3.63) is 23.8 Å². The highest BCUT2D eigenvalue weighted by Crippen LogP contribution is 2.50. The Morgan fingerprint density at radius 3 is 2.64 bits per heavy atom. The Morgan fingerprint density at radius 1 is 1.28 bits per heavy atom. The number of hydrogen-bond acceptors (Lipinski definition) is 4. The molecule has 0 aromatic heterocycles. The average molecular weight is 369 g/mol. The van der Waals surface area contributed by atoms with Crippen LogP contribution >= 0.6 is 12.4 Å². The molecule has 3 atom stereocenters. The lowest BCUT2D eigenvalue weighted by atomic mass is 10.0. The lowest BCUT2D eigenvalue weighted by molar-refractivity contribution is -0.131. The molecule has 1 saturated carbocycles. The van der Waals surface area contributed by atoms with Crippen molar-refractivity contribution in [1.82, 2.24) is 4.90 Å². The number of nitrogens with zero attached hydrogens (tertiary/aromatic N) is 1. The molecule has 2 aliphatic rings. The number of carbonyl (C=O) groups excluding carboxylic acids is 1. The molecule has 1 aliphatic carbocycles. The van der Waals surface area contributed by atoms with Gasteiger partial charge in [-0.05, 0) is 42.4 Å². The van der Waals surface area contributed by atoms with Crippen LogP contribution in [0.3, 0.4) is 0 Å². The fraction of sp³-hybridized carbons (Fsp3) is 0.632. The van der Waals surface area contributed by atoms with Crippen LogP contribution < -0.4 is 15.2 Å². The van der Waals surface area contributed by atoms with Crippen LogP contribution in [0.4, 0.5) is 0 Å². The summed E-state index contributed by atoms with van der Waals surface area (Å²) in [5.41, 5.74) is 7.25. The summed E-state index contributed by atoms with van der Waals surface area (Å²) in [6.07, 6.45) is 1.76.